The van der Waals surface area contributed by atoms with Gasteiger partial charge in [0.05, 0.1) is 29.2 Å². The van der Waals surface area contributed by atoms with Crippen LogP contribution >= 0.6 is 0 Å². The molecule has 0 radical (unpaired) electrons. The number of anilines is 2. The maximum absolute atomic E-state index is 5.98. The molecule has 2 aromatic rings. The third-order valence-electron chi connectivity index (χ3n) is 2.82. The summed E-state index contributed by atoms with van der Waals surface area (Å²) in [5, 5.41) is 4.39. The van der Waals surface area contributed by atoms with E-state index in [-0.39, 0.29) is 6.10 Å². The van der Waals surface area contributed by atoms with Crippen molar-refractivity contribution in [1.82, 2.24) is 4.98 Å². The Kier molecular flexibility index (Phi) is 3.99. The summed E-state index contributed by atoms with van der Waals surface area (Å²) in [5.41, 5.74) is 8.53. The molecule has 0 bridgehead atoms. The summed E-state index contributed by atoms with van der Waals surface area (Å²) in [7, 11) is 0. The second-order valence-electron chi connectivity index (χ2n) is 4.25. The molecule has 18 heavy (non-hydrogen) atoms. The lowest BCUT2D eigenvalue weighted by molar-refractivity contribution is 0.0856. The second kappa shape index (κ2) is 5.69. The molecule has 4 nitrogen and oxygen atoms in total. The highest BCUT2D eigenvalue weighted by atomic mass is 16.5. The topological polar surface area (TPSA) is 60.2 Å². The molecule has 0 aliphatic rings. The number of pyridine rings is 1. The number of nitrogens with one attached hydrogen (secondary N) is 1. The smallest absolute Gasteiger partial charge is 0.0743 e. The summed E-state index contributed by atoms with van der Waals surface area (Å²) in [6.07, 6.45) is 1.84. The van der Waals surface area contributed by atoms with Crippen LogP contribution < -0.4 is 11.1 Å². The van der Waals surface area contributed by atoms with E-state index in [4.69, 9.17) is 10.5 Å². The summed E-state index contributed by atoms with van der Waals surface area (Å²) in [5.74, 6) is 0. The zero-order valence-corrected chi connectivity index (χ0v) is 10.8. The van der Waals surface area contributed by atoms with Gasteiger partial charge in [-0.15, -0.1) is 0 Å². The Balaban J connectivity index is 2.23. The quantitative estimate of drug-likeness (QED) is 0.850. The second-order valence-corrected chi connectivity index (χ2v) is 4.25. The van der Waals surface area contributed by atoms with E-state index in [9.17, 15) is 0 Å². The van der Waals surface area contributed by atoms with Gasteiger partial charge in [-0.2, -0.15) is 0 Å². The Labute approximate surface area is 107 Å². The first kappa shape index (κ1) is 12.6. The molecule has 1 aromatic carbocycles. The number of ether oxygens (including phenoxy) is 1. The van der Waals surface area contributed by atoms with E-state index in [2.05, 4.69) is 10.3 Å². The van der Waals surface area contributed by atoms with Gasteiger partial charge >= 0.3 is 0 Å². The molecule has 2 rings (SSSR count). The van der Waals surface area contributed by atoms with Crippen molar-refractivity contribution in [2.24, 2.45) is 0 Å². The van der Waals surface area contributed by atoms with Crippen LogP contribution in [0.5, 0.6) is 0 Å². The number of nitrogen functional groups attached to an aromatic ring is 1. The molecule has 0 aliphatic carbocycles. The molecule has 0 spiro atoms. The minimum Gasteiger partial charge on any atom is -0.396 e. The van der Waals surface area contributed by atoms with E-state index < -0.39 is 0 Å². The lowest BCUT2D eigenvalue weighted by Gasteiger charge is -2.16. The molecule has 1 aromatic heterocycles. The first-order valence-electron chi connectivity index (χ1n) is 6.21. The maximum Gasteiger partial charge on any atom is 0.0743 e. The number of aromatic nitrogens is 1. The van der Waals surface area contributed by atoms with E-state index in [0.717, 1.165) is 29.7 Å². The predicted molar refractivity (Wildman–Crippen MR) is 75.7 cm³/mol. The molecule has 1 atom stereocenters. The number of hydrogen-bond donors (Lipinski definition) is 2. The molecule has 0 fully saturated rings. The highest BCUT2D eigenvalue weighted by Gasteiger charge is 2.07. The zero-order chi connectivity index (χ0) is 13.0. The molecule has 1 heterocycles. The van der Waals surface area contributed by atoms with Crippen molar-refractivity contribution in [1.29, 1.82) is 0 Å². The Hall–Kier alpha value is -1.81. The fourth-order valence-corrected chi connectivity index (χ4v) is 1.94. The molecule has 0 saturated carbocycles. The van der Waals surface area contributed by atoms with Crippen molar-refractivity contribution in [2.75, 3.05) is 24.2 Å². The molecule has 4 heteroatoms. The van der Waals surface area contributed by atoms with Gasteiger partial charge in [0.1, 0.15) is 0 Å². The molecule has 1 unspecified atom stereocenters. The van der Waals surface area contributed by atoms with Gasteiger partial charge in [-0.05, 0) is 19.9 Å². The van der Waals surface area contributed by atoms with E-state index >= 15 is 0 Å². The van der Waals surface area contributed by atoms with E-state index in [1.54, 1.807) is 6.20 Å². The van der Waals surface area contributed by atoms with Crippen LogP contribution in [0.25, 0.3) is 10.9 Å². The Morgan fingerprint density at radius 1 is 1.39 bits per heavy atom. The number of nitrogens with two attached hydrogens (primary N) is 1. The van der Waals surface area contributed by atoms with Crippen LogP contribution in [0, 0.1) is 0 Å². The number of rotatable bonds is 5. The van der Waals surface area contributed by atoms with Crippen LogP contribution in [-0.2, 0) is 4.74 Å². The van der Waals surface area contributed by atoms with Gasteiger partial charge in [-0.25, -0.2) is 0 Å². The number of benzene rings is 1. The Morgan fingerprint density at radius 3 is 2.94 bits per heavy atom. The molecular weight excluding hydrogens is 226 g/mol. The third kappa shape index (κ3) is 2.71. The highest BCUT2D eigenvalue weighted by Crippen LogP contribution is 2.27. The van der Waals surface area contributed by atoms with Gasteiger partial charge in [0.2, 0.25) is 0 Å². The van der Waals surface area contributed by atoms with Gasteiger partial charge in [0.25, 0.3) is 0 Å². The number of nitrogens with zero attached hydrogens (tertiary/aromatic N) is 1. The van der Waals surface area contributed by atoms with Crippen molar-refractivity contribution in [3.63, 3.8) is 0 Å². The molecule has 96 valence electrons. The van der Waals surface area contributed by atoms with E-state index in [1.165, 1.54) is 0 Å². The molecule has 0 aliphatic heterocycles. The predicted octanol–water partition coefficient (Wildman–Crippen LogP) is 2.65. The standard InChI is InChI=1S/C14H19N3O/c1-3-18-10(2)8-17-14-11-6-4-5-7-13(11)16-9-12(14)15/h4-7,9-10H,3,8,15H2,1-2H3,(H,16,17). The van der Waals surface area contributed by atoms with Crippen LogP contribution in [0.2, 0.25) is 0 Å². The van der Waals surface area contributed by atoms with Crippen LogP contribution in [-0.4, -0.2) is 24.2 Å². The molecular formula is C14H19N3O. The first-order chi connectivity index (χ1) is 8.72. The summed E-state index contributed by atoms with van der Waals surface area (Å²) in [6.45, 7) is 5.48. The average molecular weight is 245 g/mol. The Bertz CT molecular complexity index is 527. The normalized spacial score (nSPS) is 12.6. The first-order valence-corrected chi connectivity index (χ1v) is 6.21. The van der Waals surface area contributed by atoms with Gasteiger partial charge in [-0.1, -0.05) is 18.2 Å². The van der Waals surface area contributed by atoms with Crippen molar-refractivity contribution in [2.45, 2.75) is 20.0 Å². The van der Waals surface area contributed by atoms with Gasteiger partial charge < -0.3 is 15.8 Å². The van der Waals surface area contributed by atoms with Crippen LogP contribution in [0.15, 0.2) is 30.5 Å². The van der Waals surface area contributed by atoms with Gasteiger partial charge in [-0.3, -0.25) is 4.98 Å². The minimum absolute atomic E-state index is 0.154. The SMILES string of the molecule is CCOC(C)CNc1c(N)cnc2ccccc12. The van der Waals surface area contributed by atoms with E-state index in [1.807, 2.05) is 38.1 Å². The minimum atomic E-state index is 0.154. The largest absolute Gasteiger partial charge is 0.396 e. The number of fused-ring (bicyclic) bond motifs is 1. The number of hydrogen-bond acceptors (Lipinski definition) is 4. The molecule has 0 amide bonds. The van der Waals surface area contributed by atoms with Crippen molar-refractivity contribution in [3.8, 4) is 0 Å². The molecule has 3 N–H and O–H groups in total. The van der Waals surface area contributed by atoms with Gasteiger partial charge in [0.15, 0.2) is 0 Å². The lowest BCUT2D eigenvalue weighted by Crippen LogP contribution is -2.20. The summed E-state index contributed by atoms with van der Waals surface area (Å²) < 4.78 is 5.50. The zero-order valence-electron chi connectivity index (χ0n) is 10.8. The van der Waals surface area contributed by atoms with Crippen molar-refractivity contribution in [3.05, 3.63) is 30.5 Å². The highest BCUT2D eigenvalue weighted by molar-refractivity contribution is 5.96. The Morgan fingerprint density at radius 2 is 2.17 bits per heavy atom. The fourth-order valence-electron chi connectivity index (χ4n) is 1.94. The lowest BCUT2D eigenvalue weighted by atomic mass is 10.1. The van der Waals surface area contributed by atoms with Crippen LogP contribution in [0.4, 0.5) is 11.4 Å². The number of para-hydroxylation sites is 1. The van der Waals surface area contributed by atoms with Crippen LogP contribution in [0.1, 0.15) is 13.8 Å². The average Bonchev–Trinajstić information content (AvgIpc) is 2.38. The van der Waals surface area contributed by atoms with Crippen LogP contribution in [0.3, 0.4) is 0 Å². The maximum atomic E-state index is 5.98. The third-order valence-corrected chi connectivity index (χ3v) is 2.82. The monoisotopic (exact) mass is 245 g/mol. The fraction of sp³-hybridized carbons (Fsp3) is 0.357. The van der Waals surface area contributed by atoms with Crippen molar-refractivity contribution < 1.29 is 4.74 Å². The van der Waals surface area contributed by atoms with E-state index in [0.29, 0.717) is 5.69 Å². The van der Waals surface area contributed by atoms with Crippen molar-refractivity contribution >= 4 is 22.3 Å². The summed E-state index contributed by atoms with van der Waals surface area (Å²) in [4.78, 5) is 4.31. The summed E-state index contributed by atoms with van der Waals surface area (Å²) >= 11 is 0. The summed E-state index contributed by atoms with van der Waals surface area (Å²) in [6, 6.07) is 7.96. The molecule has 0 saturated heterocycles. The van der Waals surface area contributed by atoms with Gasteiger partial charge in [0, 0.05) is 18.5 Å².